The van der Waals surface area contributed by atoms with Crippen LogP contribution in [0.15, 0.2) is 29.3 Å². The topological polar surface area (TPSA) is 12.4 Å². The van der Waals surface area contributed by atoms with Crippen LogP contribution in [0.2, 0.25) is 0 Å². The zero-order valence-corrected chi connectivity index (χ0v) is 11.5. The first-order valence-corrected chi connectivity index (χ1v) is 7.36. The maximum absolute atomic E-state index is 4.97. The minimum atomic E-state index is 0.591. The fourth-order valence-electron chi connectivity index (χ4n) is 3.78. The van der Waals surface area contributed by atoms with Crippen molar-refractivity contribution in [1.82, 2.24) is 0 Å². The lowest BCUT2D eigenvalue weighted by atomic mass is 9.79. The second-order valence-electron chi connectivity index (χ2n) is 6.03. The second-order valence-corrected chi connectivity index (χ2v) is 6.03. The normalized spacial score (nSPS) is 31.7. The molecule has 18 heavy (non-hydrogen) atoms. The molecule has 1 aromatic rings. The fourth-order valence-corrected chi connectivity index (χ4v) is 3.78. The average Bonchev–Trinajstić information content (AvgIpc) is 2.54. The van der Waals surface area contributed by atoms with Gasteiger partial charge in [0.15, 0.2) is 0 Å². The lowest BCUT2D eigenvalue weighted by molar-refractivity contribution is 0.407. The van der Waals surface area contributed by atoms with Crippen LogP contribution in [0.3, 0.4) is 0 Å². The third-order valence-electron chi connectivity index (χ3n) is 4.72. The Morgan fingerprint density at radius 2 is 1.67 bits per heavy atom. The number of aliphatic imine (C=N–C) groups is 1. The molecule has 1 nitrogen and oxygen atoms in total. The lowest BCUT2D eigenvalue weighted by Crippen LogP contribution is -2.20. The standard InChI is InChI=1S/C17H23N/c1-12-8-10-14(11-9-12)17-13(2)18-16-7-5-3-4-6-15(16)17/h8-11,15-17H,3-7H2,1-2H3. The van der Waals surface area contributed by atoms with Crippen molar-refractivity contribution >= 4 is 5.71 Å². The van der Waals surface area contributed by atoms with E-state index in [1.165, 1.54) is 48.9 Å². The largest absolute Gasteiger partial charge is 0.290 e. The van der Waals surface area contributed by atoms with Gasteiger partial charge >= 0.3 is 0 Å². The Morgan fingerprint density at radius 1 is 0.944 bits per heavy atom. The first-order chi connectivity index (χ1) is 8.75. The number of rotatable bonds is 1. The Hall–Kier alpha value is -1.11. The number of benzene rings is 1. The van der Waals surface area contributed by atoms with Gasteiger partial charge < -0.3 is 0 Å². The van der Waals surface area contributed by atoms with E-state index in [0.717, 1.165) is 5.92 Å². The number of nitrogens with zero attached hydrogens (tertiary/aromatic N) is 1. The summed E-state index contributed by atoms with van der Waals surface area (Å²) in [5.74, 6) is 1.36. The van der Waals surface area contributed by atoms with Gasteiger partial charge in [0.05, 0.1) is 6.04 Å². The van der Waals surface area contributed by atoms with Crippen LogP contribution < -0.4 is 0 Å². The molecule has 0 saturated heterocycles. The van der Waals surface area contributed by atoms with Gasteiger partial charge in [-0.25, -0.2) is 0 Å². The first-order valence-electron chi connectivity index (χ1n) is 7.36. The Kier molecular flexibility index (Phi) is 3.23. The van der Waals surface area contributed by atoms with Gasteiger partial charge in [-0.05, 0) is 38.2 Å². The molecule has 0 spiro atoms. The molecule has 3 unspecified atom stereocenters. The van der Waals surface area contributed by atoms with E-state index < -0.39 is 0 Å². The van der Waals surface area contributed by atoms with Crippen LogP contribution in [-0.2, 0) is 0 Å². The second kappa shape index (κ2) is 4.87. The average molecular weight is 241 g/mol. The first kappa shape index (κ1) is 12.0. The fraction of sp³-hybridized carbons (Fsp3) is 0.588. The van der Waals surface area contributed by atoms with E-state index in [2.05, 4.69) is 38.1 Å². The van der Waals surface area contributed by atoms with Crippen molar-refractivity contribution in [3.8, 4) is 0 Å². The molecule has 3 atom stereocenters. The summed E-state index contributed by atoms with van der Waals surface area (Å²) in [5.41, 5.74) is 4.20. The maximum atomic E-state index is 4.97. The summed E-state index contributed by atoms with van der Waals surface area (Å²) in [6.07, 6.45) is 6.85. The van der Waals surface area contributed by atoms with Gasteiger partial charge in [0.2, 0.25) is 0 Å². The molecule has 1 fully saturated rings. The summed E-state index contributed by atoms with van der Waals surface area (Å²) in [6, 6.07) is 9.72. The minimum absolute atomic E-state index is 0.591. The molecule has 1 aliphatic heterocycles. The molecular weight excluding hydrogens is 218 g/mol. The summed E-state index contributed by atoms with van der Waals surface area (Å²) in [5, 5.41) is 0. The van der Waals surface area contributed by atoms with Crippen LogP contribution in [0, 0.1) is 12.8 Å². The molecule has 2 aliphatic rings. The molecule has 1 aromatic carbocycles. The van der Waals surface area contributed by atoms with Gasteiger partial charge in [-0.1, -0.05) is 49.1 Å². The molecule has 1 heteroatoms. The predicted octanol–water partition coefficient (Wildman–Crippen LogP) is 4.50. The molecule has 0 radical (unpaired) electrons. The lowest BCUT2D eigenvalue weighted by Gasteiger charge is -2.23. The maximum Gasteiger partial charge on any atom is 0.0536 e. The Labute approximate surface area is 110 Å². The zero-order valence-electron chi connectivity index (χ0n) is 11.5. The Balaban J connectivity index is 1.90. The number of hydrogen-bond acceptors (Lipinski definition) is 1. The molecule has 0 amide bonds. The van der Waals surface area contributed by atoms with E-state index in [4.69, 9.17) is 4.99 Å². The van der Waals surface area contributed by atoms with Gasteiger partial charge in [-0.2, -0.15) is 0 Å². The van der Waals surface area contributed by atoms with Crippen molar-refractivity contribution in [2.24, 2.45) is 10.9 Å². The summed E-state index contributed by atoms with van der Waals surface area (Å²) in [7, 11) is 0. The van der Waals surface area contributed by atoms with Crippen LogP contribution in [0.5, 0.6) is 0 Å². The molecule has 1 heterocycles. The van der Waals surface area contributed by atoms with Crippen molar-refractivity contribution in [3.05, 3.63) is 35.4 Å². The Morgan fingerprint density at radius 3 is 2.44 bits per heavy atom. The van der Waals surface area contributed by atoms with E-state index in [1.54, 1.807) is 0 Å². The third kappa shape index (κ3) is 2.11. The van der Waals surface area contributed by atoms with E-state index in [9.17, 15) is 0 Å². The van der Waals surface area contributed by atoms with Gasteiger partial charge in [-0.15, -0.1) is 0 Å². The monoisotopic (exact) mass is 241 g/mol. The van der Waals surface area contributed by atoms with E-state index in [0.29, 0.717) is 12.0 Å². The van der Waals surface area contributed by atoms with Gasteiger partial charge in [-0.3, -0.25) is 4.99 Å². The number of aryl methyl sites for hydroxylation is 1. The van der Waals surface area contributed by atoms with Gasteiger partial charge in [0.25, 0.3) is 0 Å². The van der Waals surface area contributed by atoms with Crippen molar-refractivity contribution in [1.29, 1.82) is 0 Å². The van der Waals surface area contributed by atoms with Crippen LogP contribution in [0.4, 0.5) is 0 Å². The predicted molar refractivity (Wildman–Crippen MR) is 77.4 cm³/mol. The highest BCUT2D eigenvalue weighted by Gasteiger charge is 2.37. The SMILES string of the molecule is CC1=NC2CCCCCC2C1c1ccc(C)cc1. The molecule has 1 saturated carbocycles. The van der Waals surface area contributed by atoms with Crippen molar-refractivity contribution in [2.45, 2.75) is 57.9 Å². The molecule has 3 rings (SSSR count). The van der Waals surface area contributed by atoms with Crippen molar-refractivity contribution in [2.75, 3.05) is 0 Å². The summed E-state index contributed by atoms with van der Waals surface area (Å²) >= 11 is 0. The molecule has 96 valence electrons. The van der Waals surface area contributed by atoms with E-state index in [1.807, 2.05) is 0 Å². The molecule has 0 aromatic heterocycles. The number of fused-ring (bicyclic) bond motifs is 1. The summed E-state index contributed by atoms with van der Waals surface area (Å²) in [6.45, 7) is 4.40. The quantitative estimate of drug-likeness (QED) is 0.686. The molecule has 1 aliphatic carbocycles. The van der Waals surface area contributed by atoms with Crippen molar-refractivity contribution in [3.63, 3.8) is 0 Å². The van der Waals surface area contributed by atoms with Crippen LogP contribution >= 0.6 is 0 Å². The van der Waals surface area contributed by atoms with Crippen LogP contribution in [0.25, 0.3) is 0 Å². The summed E-state index contributed by atoms with van der Waals surface area (Å²) in [4.78, 5) is 4.97. The molecule has 0 N–H and O–H groups in total. The summed E-state index contributed by atoms with van der Waals surface area (Å²) < 4.78 is 0. The van der Waals surface area contributed by atoms with Gasteiger partial charge in [0, 0.05) is 11.6 Å². The zero-order chi connectivity index (χ0) is 12.5. The molecular formula is C17H23N. The minimum Gasteiger partial charge on any atom is -0.290 e. The Bertz CT molecular complexity index is 443. The van der Waals surface area contributed by atoms with E-state index in [-0.39, 0.29) is 0 Å². The highest BCUT2D eigenvalue weighted by molar-refractivity contribution is 5.91. The third-order valence-corrected chi connectivity index (χ3v) is 4.72. The van der Waals surface area contributed by atoms with Crippen LogP contribution in [0.1, 0.15) is 56.1 Å². The van der Waals surface area contributed by atoms with Crippen LogP contribution in [-0.4, -0.2) is 11.8 Å². The van der Waals surface area contributed by atoms with Crippen molar-refractivity contribution < 1.29 is 0 Å². The smallest absolute Gasteiger partial charge is 0.0536 e. The number of hydrogen-bond donors (Lipinski definition) is 0. The van der Waals surface area contributed by atoms with Gasteiger partial charge in [0.1, 0.15) is 0 Å². The highest BCUT2D eigenvalue weighted by atomic mass is 14.9. The molecule has 0 bridgehead atoms. The highest BCUT2D eigenvalue weighted by Crippen LogP contribution is 2.42. The van der Waals surface area contributed by atoms with E-state index >= 15 is 0 Å².